The van der Waals surface area contributed by atoms with E-state index in [-0.39, 0.29) is 17.4 Å². The third-order valence-corrected chi connectivity index (χ3v) is 6.33. The molecule has 1 N–H and O–H groups in total. The fourth-order valence-electron chi connectivity index (χ4n) is 4.55. The van der Waals surface area contributed by atoms with Crippen molar-refractivity contribution in [2.75, 3.05) is 5.32 Å². The Morgan fingerprint density at radius 3 is 2.28 bits per heavy atom. The molecular weight excluding hydrogens is 358 g/mol. The predicted molar refractivity (Wildman–Crippen MR) is 121 cm³/mol. The maximum absolute atomic E-state index is 12.6. The second-order valence-electron chi connectivity index (χ2n) is 9.05. The number of nitrogens with one attached hydrogen (secondary N) is 1. The zero-order valence-corrected chi connectivity index (χ0v) is 19.0. The van der Waals surface area contributed by atoms with E-state index in [1.54, 1.807) is 0 Å². The number of carbonyl (C=O) groups excluding carboxylic acids is 1. The molecule has 2 aromatic rings. The Labute approximate surface area is 175 Å². The van der Waals surface area contributed by atoms with Crippen LogP contribution in [-0.2, 0) is 4.79 Å². The van der Waals surface area contributed by atoms with E-state index in [9.17, 15) is 4.79 Å². The van der Waals surface area contributed by atoms with E-state index in [0.29, 0.717) is 6.42 Å². The minimum absolute atomic E-state index is 0.106. The molecule has 1 amide bonds. The average Bonchev–Trinajstić information content (AvgIpc) is 2.96. The summed E-state index contributed by atoms with van der Waals surface area (Å²) in [4.78, 5) is 12.6. The number of benzene rings is 2. The van der Waals surface area contributed by atoms with Gasteiger partial charge in [0.15, 0.2) is 0 Å². The normalized spacial score (nSPS) is 17.0. The molecule has 3 rings (SSSR count). The second-order valence-corrected chi connectivity index (χ2v) is 9.05. The first-order chi connectivity index (χ1) is 13.7. The summed E-state index contributed by atoms with van der Waals surface area (Å²) in [6.07, 6.45) is 3.72. The molecule has 0 bridgehead atoms. The molecule has 0 spiro atoms. The molecule has 29 heavy (non-hydrogen) atoms. The van der Waals surface area contributed by atoms with Crippen molar-refractivity contribution in [3.8, 4) is 5.75 Å². The molecule has 0 radical (unpaired) electrons. The maximum Gasteiger partial charge on any atom is 0.224 e. The Morgan fingerprint density at radius 1 is 1.00 bits per heavy atom. The van der Waals surface area contributed by atoms with Crippen LogP contribution in [0.25, 0.3) is 0 Å². The van der Waals surface area contributed by atoms with Crippen molar-refractivity contribution in [2.24, 2.45) is 0 Å². The van der Waals surface area contributed by atoms with Gasteiger partial charge in [0.1, 0.15) is 11.4 Å². The van der Waals surface area contributed by atoms with Gasteiger partial charge in [0.05, 0.1) is 5.92 Å². The topological polar surface area (TPSA) is 38.3 Å². The third kappa shape index (κ3) is 4.05. The maximum atomic E-state index is 12.6. The fourth-order valence-corrected chi connectivity index (χ4v) is 4.55. The predicted octanol–water partition coefficient (Wildman–Crippen LogP) is 6.74. The SMILES string of the molecule is CCCCCC(=O)Nc1c(C)c(C)c2c(c1C)C(c1ccc(C)cc1)C(C)(C)O2. The largest absolute Gasteiger partial charge is 0.486 e. The van der Waals surface area contributed by atoms with Crippen LogP contribution in [0.4, 0.5) is 5.69 Å². The van der Waals surface area contributed by atoms with Gasteiger partial charge in [-0.05, 0) is 70.2 Å². The summed E-state index contributed by atoms with van der Waals surface area (Å²) in [5, 5.41) is 3.22. The molecule has 0 saturated heterocycles. The number of unbranched alkanes of at least 4 members (excludes halogenated alkanes) is 2. The highest BCUT2D eigenvalue weighted by molar-refractivity contribution is 5.93. The van der Waals surface area contributed by atoms with Crippen LogP contribution in [0.5, 0.6) is 5.75 Å². The van der Waals surface area contributed by atoms with Crippen molar-refractivity contribution in [2.45, 2.75) is 85.7 Å². The lowest BCUT2D eigenvalue weighted by molar-refractivity contribution is -0.116. The molecule has 0 aliphatic carbocycles. The van der Waals surface area contributed by atoms with Gasteiger partial charge in [0.2, 0.25) is 5.91 Å². The van der Waals surface area contributed by atoms with Crippen molar-refractivity contribution >= 4 is 11.6 Å². The average molecular weight is 394 g/mol. The van der Waals surface area contributed by atoms with Crippen LogP contribution in [0.3, 0.4) is 0 Å². The number of amides is 1. The zero-order chi connectivity index (χ0) is 21.3. The van der Waals surface area contributed by atoms with Gasteiger partial charge in [-0.25, -0.2) is 0 Å². The number of anilines is 1. The number of carbonyl (C=O) groups is 1. The highest BCUT2D eigenvalue weighted by atomic mass is 16.5. The van der Waals surface area contributed by atoms with E-state index >= 15 is 0 Å². The van der Waals surface area contributed by atoms with Gasteiger partial charge in [-0.15, -0.1) is 0 Å². The molecule has 3 nitrogen and oxygen atoms in total. The van der Waals surface area contributed by atoms with Crippen molar-refractivity contribution < 1.29 is 9.53 Å². The van der Waals surface area contributed by atoms with E-state index in [4.69, 9.17) is 4.74 Å². The van der Waals surface area contributed by atoms with Crippen LogP contribution >= 0.6 is 0 Å². The first kappa shape index (κ1) is 21.4. The van der Waals surface area contributed by atoms with Gasteiger partial charge in [0.25, 0.3) is 0 Å². The van der Waals surface area contributed by atoms with Gasteiger partial charge in [0, 0.05) is 17.7 Å². The molecule has 2 aromatic carbocycles. The molecule has 0 aromatic heterocycles. The molecule has 0 fully saturated rings. The number of hydrogen-bond donors (Lipinski definition) is 1. The molecule has 1 unspecified atom stereocenters. The van der Waals surface area contributed by atoms with E-state index in [0.717, 1.165) is 47.4 Å². The monoisotopic (exact) mass is 393 g/mol. The van der Waals surface area contributed by atoms with Crippen molar-refractivity contribution in [3.05, 3.63) is 57.6 Å². The van der Waals surface area contributed by atoms with Crippen LogP contribution < -0.4 is 10.1 Å². The number of hydrogen-bond acceptors (Lipinski definition) is 2. The van der Waals surface area contributed by atoms with Gasteiger partial charge in [-0.3, -0.25) is 4.79 Å². The summed E-state index contributed by atoms with van der Waals surface area (Å²) in [6.45, 7) is 14.9. The van der Waals surface area contributed by atoms with Crippen molar-refractivity contribution in [1.82, 2.24) is 0 Å². The Balaban J connectivity index is 2.06. The quantitative estimate of drug-likeness (QED) is 0.552. The van der Waals surface area contributed by atoms with E-state index in [1.807, 2.05) is 0 Å². The van der Waals surface area contributed by atoms with E-state index in [2.05, 4.69) is 78.0 Å². The van der Waals surface area contributed by atoms with Gasteiger partial charge < -0.3 is 10.1 Å². The second kappa shape index (κ2) is 8.22. The highest BCUT2D eigenvalue weighted by Crippen LogP contribution is 2.53. The van der Waals surface area contributed by atoms with Crippen LogP contribution in [0.15, 0.2) is 24.3 Å². The number of ether oxygens (including phenoxy) is 1. The Morgan fingerprint density at radius 2 is 1.66 bits per heavy atom. The number of fused-ring (bicyclic) bond motifs is 1. The summed E-state index contributed by atoms with van der Waals surface area (Å²) >= 11 is 0. The lowest BCUT2D eigenvalue weighted by atomic mass is 9.78. The molecule has 0 saturated carbocycles. The lowest BCUT2D eigenvalue weighted by Crippen LogP contribution is -2.31. The molecule has 1 heterocycles. The lowest BCUT2D eigenvalue weighted by Gasteiger charge is -2.27. The molecule has 1 aliphatic heterocycles. The third-order valence-electron chi connectivity index (χ3n) is 6.33. The van der Waals surface area contributed by atoms with Gasteiger partial charge in [-0.1, -0.05) is 49.6 Å². The van der Waals surface area contributed by atoms with Crippen molar-refractivity contribution in [3.63, 3.8) is 0 Å². The van der Waals surface area contributed by atoms with Crippen molar-refractivity contribution in [1.29, 1.82) is 0 Å². The van der Waals surface area contributed by atoms with Gasteiger partial charge >= 0.3 is 0 Å². The first-order valence-corrected chi connectivity index (χ1v) is 10.9. The molecule has 1 atom stereocenters. The smallest absolute Gasteiger partial charge is 0.224 e. The summed E-state index contributed by atoms with van der Waals surface area (Å²) in [7, 11) is 0. The zero-order valence-electron chi connectivity index (χ0n) is 19.0. The number of rotatable bonds is 6. The van der Waals surface area contributed by atoms with Crippen LogP contribution in [-0.4, -0.2) is 11.5 Å². The highest BCUT2D eigenvalue weighted by Gasteiger charge is 2.44. The summed E-state index contributed by atoms with van der Waals surface area (Å²) < 4.78 is 6.51. The van der Waals surface area contributed by atoms with E-state index in [1.165, 1.54) is 16.7 Å². The molecule has 3 heteroatoms. The summed E-state index contributed by atoms with van der Waals surface area (Å²) in [6, 6.07) is 8.74. The standard InChI is InChI=1S/C26H35NO2/c1-8-9-10-11-21(28)27-24-17(3)18(4)25-22(19(24)5)23(26(6,7)29-25)20-14-12-16(2)13-15-20/h12-15,23H,8-11H2,1-7H3,(H,27,28). The summed E-state index contributed by atoms with van der Waals surface area (Å²) in [5.41, 5.74) is 7.69. The summed E-state index contributed by atoms with van der Waals surface area (Å²) in [5.74, 6) is 1.22. The Kier molecular flexibility index (Phi) is 6.07. The van der Waals surface area contributed by atoms with Crippen LogP contribution in [0, 0.1) is 27.7 Å². The Bertz CT molecular complexity index is 910. The van der Waals surface area contributed by atoms with Gasteiger partial charge in [-0.2, -0.15) is 0 Å². The van der Waals surface area contributed by atoms with Crippen LogP contribution in [0.1, 0.15) is 85.8 Å². The molecular formula is C26H35NO2. The minimum Gasteiger partial charge on any atom is -0.486 e. The van der Waals surface area contributed by atoms with Crippen LogP contribution in [0.2, 0.25) is 0 Å². The minimum atomic E-state index is -0.344. The number of aryl methyl sites for hydroxylation is 1. The first-order valence-electron chi connectivity index (χ1n) is 10.9. The molecule has 1 aliphatic rings. The fraction of sp³-hybridized carbons (Fsp3) is 0.500. The Hall–Kier alpha value is -2.29. The van der Waals surface area contributed by atoms with E-state index < -0.39 is 0 Å². The molecule has 156 valence electrons.